The highest BCUT2D eigenvalue weighted by Gasteiger charge is 2.50. The molecule has 2 rings (SSSR count). The summed E-state index contributed by atoms with van der Waals surface area (Å²) in [6, 6.07) is 7.63. The third-order valence-electron chi connectivity index (χ3n) is 7.07. The average molecular weight is 549 g/mol. The zero-order chi connectivity index (χ0) is 28.1. The average Bonchev–Trinajstić information content (AvgIpc) is 3.39. The summed E-state index contributed by atoms with van der Waals surface area (Å²) in [4.78, 5) is 38.9. The van der Waals surface area contributed by atoms with E-state index in [4.69, 9.17) is 5.73 Å². The van der Waals surface area contributed by atoms with Gasteiger partial charge in [0.15, 0.2) is 6.54 Å². The number of hydrogen-bond donors (Lipinski definition) is 4. The Hall–Kier alpha value is -1.95. The molecule has 0 aromatic heterocycles. The number of aliphatic hydroxyl groups is 2. The molecule has 0 aliphatic carbocycles. The van der Waals surface area contributed by atoms with E-state index < -0.39 is 17.5 Å². The van der Waals surface area contributed by atoms with E-state index in [1.165, 1.54) is 0 Å². The smallest absolute Gasteiger partial charge is 0.231 e. The van der Waals surface area contributed by atoms with Gasteiger partial charge in [0.05, 0.1) is 23.7 Å². The van der Waals surface area contributed by atoms with Gasteiger partial charge in [-0.05, 0) is 45.6 Å². The van der Waals surface area contributed by atoms with E-state index in [1.807, 2.05) is 17.6 Å². The maximum Gasteiger partial charge on any atom is 0.231 e. The molecule has 0 saturated carbocycles. The first-order valence-corrected chi connectivity index (χ1v) is 14.4. The van der Waals surface area contributed by atoms with Crippen LogP contribution in [0.4, 0.5) is 0 Å². The molecule has 0 radical (unpaired) electrons. The molecule has 3 unspecified atom stereocenters. The number of aldehydes is 1. The van der Waals surface area contributed by atoms with Crippen LogP contribution >= 0.6 is 11.8 Å². The standard InChI is InChI=1S/C28H44N4O5S/c1-20(17-33)15-22(18-34)27-32(13-14-38-27)26(25(37)21-9-5-4-6-10-21)28(2,3)24(36)16-30-31-23(19-35)11-7-8-12-29/h4-6,9-10,19-20,22-23,26,31,33-34H,7-8,11-18,29H2,1-3H3/t20?,22?,23-,26?/m1/s1. The minimum absolute atomic E-state index is 0.00725. The largest absolute Gasteiger partial charge is 0.591 e. The molecular formula is C28H44N4O5S. The van der Waals surface area contributed by atoms with Crippen LogP contribution in [0.1, 0.15) is 56.8 Å². The molecule has 5 N–H and O–H groups in total. The van der Waals surface area contributed by atoms with Gasteiger partial charge in [-0.3, -0.25) is 4.79 Å². The van der Waals surface area contributed by atoms with Crippen molar-refractivity contribution in [3.05, 3.63) is 41.3 Å². The van der Waals surface area contributed by atoms with Gasteiger partial charge in [-0.25, -0.2) is 4.58 Å². The van der Waals surface area contributed by atoms with Gasteiger partial charge in [0.1, 0.15) is 12.1 Å². The van der Waals surface area contributed by atoms with Gasteiger partial charge < -0.3 is 36.4 Å². The van der Waals surface area contributed by atoms with E-state index in [9.17, 15) is 24.6 Å². The van der Waals surface area contributed by atoms with Crippen molar-refractivity contribution in [2.24, 2.45) is 23.0 Å². The third-order valence-corrected chi connectivity index (χ3v) is 8.32. The minimum atomic E-state index is -1.12. The molecule has 0 bridgehead atoms. The fourth-order valence-corrected chi connectivity index (χ4v) is 6.01. The Morgan fingerprint density at radius 3 is 2.53 bits per heavy atom. The van der Waals surface area contributed by atoms with Crippen molar-refractivity contribution in [2.75, 3.05) is 38.6 Å². The lowest BCUT2D eigenvalue weighted by Gasteiger charge is -2.34. The van der Waals surface area contributed by atoms with Crippen LogP contribution in [0.25, 0.3) is 5.43 Å². The third kappa shape index (κ3) is 8.79. The second-order valence-corrected chi connectivity index (χ2v) is 11.6. The summed E-state index contributed by atoms with van der Waals surface area (Å²) < 4.78 is 1.98. The number of nitrogens with zero attached hydrogens (tertiary/aromatic N) is 2. The number of benzene rings is 1. The SMILES string of the molecule is CC(CO)CC(CO)C1=[N+](C(C(=O)c2ccccc2)C(C)(C)C(=O)C[N-]N[C@@H](C=O)CCCCN)CCS1. The lowest BCUT2D eigenvalue weighted by molar-refractivity contribution is -0.555. The van der Waals surface area contributed by atoms with Crippen LogP contribution in [0.5, 0.6) is 0 Å². The zero-order valence-corrected chi connectivity index (χ0v) is 23.7. The van der Waals surface area contributed by atoms with Gasteiger partial charge in [0, 0.05) is 18.2 Å². The summed E-state index contributed by atoms with van der Waals surface area (Å²) >= 11 is 1.59. The predicted molar refractivity (Wildman–Crippen MR) is 152 cm³/mol. The van der Waals surface area contributed by atoms with Crippen molar-refractivity contribution in [3.8, 4) is 0 Å². The first kappa shape index (κ1) is 32.3. The van der Waals surface area contributed by atoms with Gasteiger partial charge in [-0.1, -0.05) is 62.0 Å². The van der Waals surface area contributed by atoms with Gasteiger partial charge in [0.25, 0.3) is 0 Å². The molecule has 1 aliphatic rings. The Labute approximate surface area is 230 Å². The van der Waals surface area contributed by atoms with Crippen LogP contribution in [0.2, 0.25) is 0 Å². The Kier molecular flexibility index (Phi) is 13.8. The number of nitrogens with one attached hydrogen (secondary N) is 1. The monoisotopic (exact) mass is 548 g/mol. The molecule has 0 saturated heterocycles. The molecular weight excluding hydrogens is 504 g/mol. The van der Waals surface area contributed by atoms with Gasteiger partial charge >= 0.3 is 0 Å². The molecule has 10 heteroatoms. The quantitative estimate of drug-likeness (QED) is 0.0676. The van der Waals surface area contributed by atoms with E-state index in [2.05, 4.69) is 10.9 Å². The minimum Gasteiger partial charge on any atom is -0.591 e. The normalized spacial score (nSPS) is 17.2. The number of carbonyl (C=O) groups is 3. The highest BCUT2D eigenvalue weighted by Crippen LogP contribution is 2.33. The lowest BCUT2D eigenvalue weighted by atomic mass is 9.76. The van der Waals surface area contributed by atoms with Crippen LogP contribution in [0.15, 0.2) is 30.3 Å². The lowest BCUT2D eigenvalue weighted by Crippen LogP contribution is -2.52. The number of carbonyl (C=O) groups excluding carboxylic acids is 3. The van der Waals surface area contributed by atoms with E-state index in [0.29, 0.717) is 31.5 Å². The fourth-order valence-electron chi connectivity index (χ4n) is 4.75. The van der Waals surface area contributed by atoms with Crippen molar-refractivity contribution in [1.82, 2.24) is 5.43 Å². The Morgan fingerprint density at radius 1 is 1.21 bits per heavy atom. The van der Waals surface area contributed by atoms with Crippen molar-refractivity contribution < 1.29 is 29.2 Å². The second-order valence-electron chi connectivity index (χ2n) is 10.5. The van der Waals surface area contributed by atoms with Crippen LogP contribution in [0, 0.1) is 17.3 Å². The highest BCUT2D eigenvalue weighted by atomic mass is 32.2. The summed E-state index contributed by atoms with van der Waals surface area (Å²) in [6.45, 7) is 6.27. The Morgan fingerprint density at radius 2 is 1.92 bits per heavy atom. The van der Waals surface area contributed by atoms with E-state index in [0.717, 1.165) is 29.9 Å². The molecule has 1 heterocycles. The number of hydrogen-bond acceptors (Lipinski definition) is 8. The van der Waals surface area contributed by atoms with Crippen molar-refractivity contribution in [2.45, 2.75) is 58.5 Å². The topological polar surface area (TPSA) is 147 Å². The molecule has 1 aromatic carbocycles. The number of aliphatic hydroxyl groups excluding tert-OH is 2. The molecule has 1 aliphatic heterocycles. The summed E-state index contributed by atoms with van der Waals surface area (Å²) in [7, 11) is 0. The second kappa shape index (κ2) is 16.2. The number of nitrogens with two attached hydrogens (primary N) is 1. The molecule has 0 fully saturated rings. The Balaban J connectivity index is 2.35. The fraction of sp³-hybridized carbons (Fsp3) is 0.643. The predicted octanol–water partition coefficient (Wildman–Crippen LogP) is 2.19. The number of ketones is 2. The molecule has 1 aromatic rings. The van der Waals surface area contributed by atoms with E-state index in [1.54, 1.807) is 49.9 Å². The van der Waals surface area contributed by atoms with Crippen LogP contribution in [0.3, 0.4) is 0 Å². The molecule has 4 atom stereocenters. The summed E-state index contributed by atoms with van der Waals surface area (Å²) in [5.41, 5.74) is 11.9. The van der Waals surface area contributed by atoms with Crippen LogP contribution in [-0.4, -0.2) is 88.4 Å². The molecule has 38 heavy (non-hydrogen) atoms. The number of Topliss-reactive ketones (excluding diaryl/α,β-unsaturated/α-hetero) is 2. The van der Waals surface area contributed by atoms with E-state index >= 15 is 0 Å². The summed E-state index contributed by atoms with van der Waals surface area (Å²) in [5, 5.41) is 20.7. The van der Waals surface area contributed by atoms with Crippen molar-refractivity contribution >= 4 is 34.7 Å². The molecule has 0 spiro atoms. The van der Waals surface area contributed by atoms with Gasteiger partial charge in [-0.2, -0.15) is 0 Å². The first-order valence-electron chi connectivity index (χ1n) is 13.4. The first-order chi connectivity index (χ1) is 18.2. The molecule has 0 amide bonds. The zero-order valence-electron chi connectivity index (χ0n) is 22.8. The number of thioether (sulfide) groups is 1. The maximum atomic E-state index is 14.0. The van der Waals surface area contributed by atoms with Crippen molar-refractivity contribution in [1.29, 1.82) is 0 Å². The van der Waals surface area contributed by atoms with Crippen molar-refractivity contribution in [3.63, 3.8) is 0 Å². The van der Waals surface area contributed by atoms with Gasteiger partial charge in [-0.15, -0.1) is 0 Å². The summed E-state index contributed by atoms with van der Waals surface area (Å²) in [6.07, 6.45) is 3.52. The van der Waals surface area contributed by atoms with E-state index in [-0.39, 0.29) is 43.2 Å². The number of rotatable bonds is 19. The number of unbranched alkanes of at least 4 members (excludes halogenated alkanes) is 1. The van der Waals surface area contributed by atoms with Gasteiger partial charge in [0.2, 0.25) is 16.9 Å². The molecule has 9 nitrogen and oxygen atoms in total. The van der Waals surface area contributed by atoms with Crippen LogP contribution in [-0.2, 0) is 9.59 Å². The maximum absolute atomic E-state index is 14.0. The highest BCUT2D eigenvalue weighted by molar-refractivity contribution is 8.13. The molecule has 212 valence electrons. The van der Waals surface area contributed by atoms with Crippen LogP contribution < -0.4 is 11.2 Å². The summed E-state index contributed by atoms with van der Waals surface area (Å²) in [5.74, 6) is 0.0801. The Bertz CT molecular complexity index is 940.